The maximum atomic E-state index is 12.4. The monoisotopic (exact) mass is 359 g/mol. The fourth-order valence-corrected chi connectivity index (χ4v) is 3.37. The second kappa shape index (κ2) is 10.6. The molecule has 1 aliphatic rings. The van der Waals surface area contributed by atoms with Crippen molar-refractivity contribution in [2.75, 3.05) is 26.2 Å². The van der Waals surface area contributed by atoms with E-state index in [2.05, 4.69) is 17.6 Å². The maximum Gasteiger partial charge on any atom is 0.252 e. The summed E-state index contributed by atoms with van der Waals surface area (Å²) < 4.78 is 0. The van der Waals surface area contributed by atoms with Crippen molar-refractivity contribution in [1.29, 1.82) is 0 Å². The van der Waals surface area contributed by atoms with E-state index in [9.17, 15) is 9.59 Å². The summed E-state index contributed by atoms with van der Waals surface area (Å²) in [6.07, 6.45) is 3.22. The highest BCUT2D eigenvalue weighted by Crippen LogP contribution is 2.12. The number of amides is 2. The molecule has 0 bridgehead atoms. The number of halogens is 1. The molecule has 1 atom stereocenters. The molecule has 0 radical (unpaired) electrons. The van der Waals surface area contributed by atoms with Gasteiger partial charge in [0.25, 0.3) is 5.91 Å². The summed E-state index contributed by atoms with van der Waals surface area (Å²) in [5.74, 6) is 0.152. The number of nitrogens with zero attached hydrogens (tertiary/aromatic N) is 1. The van der Waals surface area contributed by atoms with E-state index >= 15 is 0 Å². The van der Waals surface area contributed by atoms with Gasteiger partial charge in [-0.1, -0.05) is 6.92 Å². The Morgan fingerprint density at radius 1 is 1.48 bits per heavy atom. The summed E-state index contributed by atoms with van der Waals surface area (Å²) in [6, 6.07) is 2.15. The van der Waals surface area contributed by atoms with Crippen LogP contribution in [0.15, 0.2) is 16.8 Å². The first-order valence-electron chi connectivity index (χ1n) is 8.03. The van der Waals surface area contributed by atoms with Crippen LogP contribution < -0.4 is 10.6 Å². The third-order valence-electron chi connectivity index (χ3n) is 3.90. The van der Waals surface area contributed by atoms with Crippen LogP contribution in [0.4, 0.5) is 0 Å². The van der Waals surface area contributed by atoms with Crippen molar-refractivity contribution >= 4 is 35.6 Å². The molecule has 1 saturated heterocycles. The van der Waals surface area contributed by atoms with Crippen molar-refractivity contribution in [3.05, 3.63) is 22.4 Å². The fourth-order valence-electron chi connectivity index (χ4n) is 2.74. The Kier molecular flexibility index (Phi) is 9.21. The average molecular weight is 360 g/mol. The van der Waals surface area contributed by atoms with Gasteiger partial charge in [-0.25, -0.2) is 0 Å². The largest absolute Gasteiger partial charge is 0.352 e. The highest BCUT2D eigenvalue weighted by atomic mass is 35.5. The normalized spacial score (nSPS) is 16.7. The second-order valence-electron chi connectivity index (χ2n) is 5.61. The van der Waals surface area contributed by atoms with Gasteiger partial charge in [0.2, 0.25) is 5.91 Å². The van der Waals surface area contributed by atoms with Crippen LogP contribution >= 0.6 is 23.7 Å². The molecule has 7 heteroatoms. The van der Waals surface area contributed by atoms with E-state index in [0.717, 1.165) is 32.5 Å². The predicted octanol–water partition coefficient (Wildman–Crippen LogP) is 2.28. The first kappa shape index (κ1) is 19.9. The van der Waals surface area contributed by atoms with Crippen LogP contribution in [-0.4, -0.2) is 48.9 Å². The van der Waals surface area contributed by atoms with E-state index in [1.165, 1.54) is 11.3 Å². The molecule has 0 aromatic carbocycles. The molecule has 0 aliphatic carbocycles. The molecule has 23 heavy (non-hydrogen) atoms. The minimum atomic E-state index is -0.0564. The van der Waals surface area contributed by atoms with E-state index in [0.29, 0.717) is 31.0 Å². The van der Waals surface area contributed by atoms with Crippen LogP contribution in [0.2, 0.25) is 0 Å². The van der Waals surface area contributed by atoms with Gasteiger partial charge >= 0.3 is 0 Å². The number of hydrogen-bond donors (Lipinski definition) is 2. The minimum Gasteiger partial charge on any atom is -0.352 e. The highest BCUT2D eigenvalue weighted by molar-refractivity contribution is 7.08. The molecule has 0 spiro atoms. The summed E-state index contributed by atoms with van der Waals surface area (Å²) in [5, 5.41) is 9.90. The summed E-state index contributed by atoms with van der Waals surface area (Å²) in [4.78, 5) is 26.2. The van der Waals surface area contributed by atoms with E-state index in [1.54, 1.807) is 6.07 Å². The molecule has 130 valence electrons. The van der Waals surface area contributed by atoms with Crippen LogP contribution in [-0.2, 0) is 4.79 Å². The van der Waals surface area contributed by atoms with E-state index in [-0.39, 0.29) is 24.2 Å². The van der Waals surface area contributed by atoms with Crippen LogP contribution in [0.1, 0.15) is 43.0 Å². The van der Waals surface area contributed by atoms with Crippen LogP contribution in [0.25, 0.3) is 0 Å². The predicted molar refractivity (Wildman–Crippen MR) is 96.4 cm³/mol. The van der Waals surface area contributed by atoms with Gasteiger partial charge in [-0.3, -0.25) is 9.59 Å². The molecule has 2 rings (SSSR count). The summed E-state index contributed by atoms with van der Waals surface area (Å²) in [7, 11) is 0. The zero-order valence-corrected chi connectivity index (χ0v) is 15.2. The third kappa shape index (κ3) is 6.12. The lowest BCUT2D eigenvalue weighted by molar-refractivity contribution is -0.133. The second-order valence-corrected chi connectivity index (χ2v) is 6.39. The smallest absolute Gasteiger partial charge is 0.252 e. The molecule has 2 amide bonds. The maximum absolute atomic E-state index is 12.4. The summed E-state index contributed by atoms with van der Waals surface area (Å²) in [5.41, 5.74) is 0.695. The zero-order valence-electron chi connectivity index (χ0n) is 13.5. The Hall–Kier alpha value is -1.11. The van der Waals surface area contributed by atoms with E-state index in [1.807, 2.05) is 15.7 Å². The number of rotatable bonds is 8. The number of carbonyl (C=O) groups is 2. The van der Waals surface area contributed by atoms with Gasteiger partial charge in [-0.15, -0.1) is 12.4 Å². The molecule has 1 aromatic rings. The van der Waals surface area contributed by atoms with Gasteiger partial charge in [0.15, 0.2) is 0 Å². The van der Waals surface area contributed by atoms with Gasteiger partial charge in [0.05, 0.1) is 0 Å². The standard InChI is InChI=1S/C16H25N3O2S.ClH/c1-2-9-19(14-5-8-17-11-14)15(20)4-3-7-18-16(21)13-6-10-22-12-13;/h6,10,12,14,17H,2-5,7-9,11H2,1H3,(H,18,21);1H. The van der Waals surface area contributed by atoms with Crippen LogP contribution in [0, 0.1) is 0 Å². The summed E-state index contributed by atoms with van der Waals surface area (Å²) >= 11 is 1.51. The van der Waals surface area contributed by atoms with Crippen molar-refractivity contribution in [3.63, 3.8) is 0 Å². The van der Waals surface area contributed by atoms with Crippen LogP contribution in [0.5, 0.6) is 0 Å². The van der Waals surface area contributed by atoms with Crippen molar-refractivity contribution < 1.29 is 9.59 Å². The Bertz CT molecular complexity index is 476. The molecule has 1 fully saturated rings. The molecular weight excluding hydrogens is 334 g/mol. The molecule has 5 nitrogen and oxygen atoms in total. The van der Waals surface area contributed by atoms with Gasteiger partial charge in [0, 0.05) is 43.0 Å². The van der Waals surface area contributed by atoms with Crippen LogP contribution in [0.3, 0.4) is 0 Å². The molecule has 0 saturated carbocycles. The third-order valence-corrected chi connectivity index (χ3v) is 4.58. The van der Waals surface area contributed by atoms with Crippen molar-refractivity contribution in [3.8, 4) is 0 Å². The SMILES string of the molecule is CCCN(C(=O)CCCNC(=O)c1ccsc1)C1CCNC1.Cl. The first-order valence-corrected chi connectivity index (χ1v) is 8.97. The van der Waals surface area contributed by atoms with Crippen molar-refractivity contribution in [2.45, 2.75) is 38.6 Å². The van der Waals surface area contributed by atoms with Gasteiger partial charge < -0.3 is 15.5 Å². The first-order chi connectivity index (χ1) is 10.7. The minimum absolute atomic E-state index is 0. The zero-order chi connectivity index (χ0) is 15.8. The average Bonchev–Trinajstić information content (AvgIpc) is 3.21. The van der Waals surface area contributed by atoms with Crippen molar-refractivity contribution in [2.24, 2.45) is 0 Å². The lowest BCUT2D eigenvalue weighted by atomic mass is 10.1. The Morgan fingerprint density at radius 2 is 2.30 bits per heavy atom. The molecular formula is C16H26ClN3O2S. The molecule has 2 N–H and O–H groups in total. The Morgan fingerprint density at radius 3 is 2.91 bits per heavy atom. The van der Waals surface area contributed by atoms with E-state index < -0.39 is 0 Å². The van der Waals surface area contributed by atoms with Gasteiger partial charge in [0.1, 0.15) is 0 Å². The molecule has 1 aliphatic heterocycles. The highest BCUT2D eigenvalue weighted by Gasteiger charge is 2.25. The van der Waals surface area contributed by atoms with Crippen molar-refractivity contribution in [1.82, 2.24) is 15.5 Å². The fraction of sp³-hybridized carbons (Fsp3) is 0.625. The molecule has 1 unspecified atom stereocenters. The van der Waals surface area contributed by atoms with Gasteiger partial charge in [-0.05, 0) is 37.3 Å². The Balaban J connectivity index is 0.00000264. The van der Waals surface area contributed by atoms with Gasteiger partial charge in [-0.2, -0.15) is 11.3 Å². The summed E-state index contributed by atoms with van der Waals surface area (Å²) in [6.45, 7) is 5.37. The number of hydrogen-bond acceptors (Lipinski definition) is 4. The number of thiophene rings is 1. The number of carbonyl (C=O) groups excluding carboxylic acids is 2. The quantitative estimate of drug-likeness (QED) is 0.700. The molecule has 2 heterocycles. The van der Waals surface area contributed by atoms with E-state index in [4.69, 9.17) is 0 Å². The lowest BCUT2D eigenvalue weighted by Gasteiger charge is -2.28. The lowest BCUT2D eigenvalue weighted by Crippen LogP contribution is -2.42. The molecule has 1 aromatic heterocycles. The Labute approximate surface area is 148 Å². The number of nitrogens with one attached hydrogen (secondary N) is 2. The topological polar surface area (TPSA) is 61.4 Å².